The van der Waals surface area contributed by atoms with Crippen LogP contribution < -0.4 is 5.32 Å². The van der Waals surface area contributed by atoms with Gasteiger partial charge in [0, 0.05) is 17.8 Å². The quantitative estimate of drug-likeness (QED) is 0.693. The Balaban J connectivity index is 2.62. The molecule has 1 aromatic rings. The van der Waals surface area contributed by atoms with Crippen molar-refractivity contribution in [2.24, 2.45) is 0 Å². The van der Waals surface area contributed by atoms with Gasteiger partial charge in [-0.1, -0.05) is 0 Å². The van der Waals surface area contributed by atoms with E-state index in [4.69, 9.17) is 0 Å². The maximum Gasteiger partial charge on any atom is 0.135 e. The summed E-state index contributed by atoms with van der Waals surface area (Å²) in [6.07, 6.45) is 0.917. The third-order valence-corrected chi connectivity index (χ3v) is 2.56. The van der Waals surface area contributed by atoms with Gasteiger partial charge >= 0.3 is 0 Å². The zero-order valence-corrected chi connectivity index (χ0v) is 7.48. The average Bonchev–Trinajstić information content (AvgIpc) is 2.45. The van der Waals surface area contributed by atoms with Gasteiger partial charge in [-0.15, -0.1) is 0 Å². The maximum atomic E-state index is 9.53. The number of anilines is 1. The molecule has 0 saturated carbocycles. The van der Waals surface area contributed by atoms with Crippen molar-refractivity contribution < 1.29 is 5.11 Å². The van der Waals surface area contributed by atoms with Crippen LogP contribution in [0.4, 0.5) is 5.69 Å². The molecule has 0 bridgehead atoms. The van der Waals surface area contributed by atoms with E-state index in [0.29, 0.717) is 5.75 Å². The van der Waals surface area contributed by atoms with Gasteiger partial charge in [0.2, 0.25) is 0 Å². The van der Waals surface area contributed by atoms with Crippen molar-refractivity contribution in [1.29, 1.82) is 0 Å². The minimum Gasteiger partial charge on any atom is -0.506 e. The first-order chi connectivity index (χ1) is 5.29. The highest BCUT2D eigenvalue weighted by Crippen LogP contribution is 2.35. The Bertz CT molecular complexity index is 298. The zero-order valence-electron chi connectivity index (χ0n) is 5.89. The van der Waals surface area contributed by atoms with Crippen LogP contribution in [0.3, 0.4) is 0 Å². The van der Waals surface area contributed by atoms with E-state index in [1.165, 1.54) is 0 Å². The summed E-state index contributed by atoms with van der Waals surface area (Å²) in [6, 6.07) is 3.83. The van der Waals surface area contributed by atoms with Gasteiger partial charge in [-0.2, -0.15) is 0 Å². The number of hydrogen-bond donors (Lipinski definition) is 2. The van der Waals surface area contributed by atoms with Crippen LogP contribution in [0, 0.1) is 0 Å². The Kier molecular flexibility index (Phi) is 1.53. The molecule has 1 aliphatic rings. The van der Waals surface area contributed by atoms with Gasteiger partial charge in [-0.3, -0.25) is 0 Å². The molecule has 0 radical (unpaired) electrons. The molecular formula is C8H8BrNO. The number of nitrogens with one attached hydrogen (secondary N) is 1. The van der Waals surface area contributed by atoms with E-state index >= 15 is 0 Å². The Hall–Kier alpha value is -0.700. The summed E-state index contributed by atoms with van der Waals surface area (Å²) in [4.78, 5) is 0. The Morgan fingerprint density at radius 3 is 3.09 bits per heavy atom. The summed E-state index contributed by atoms with van der Waals surface area (Å²) in [7, 11) is 0. The second kappa shape index (κ2) is 2.41. The van der Waals surface area contributed by atoms with Crippen molar-refractivity contribution in [3.05, 3.63) is 22.2 Å². The molecule has 11 heavy (non-hydrogen) atoms. The number of benzene rings is 1. The lowest BCUT2D eigenvalue weighted by molar-refractivity contribution is 0.467. The molecule has 0 aromatic heterocycles. The van der Waals surface area contributed by atoms with Crippen molar-refractivity contribution in [2.45, 2.75) is 6.42 Å². The summed E-state index contributed by atoms with van der Waals surface area (Å²) < 4.78 is 0.778. The number of phenolic OH excluding ortho intramolecular Hbond substituents is 1. The molecule has 2 nitrogen and oxygen atoms in total. The van der Waals surface area contributed by atoms with E-state index in [9.17, 15) is 5.11 Å². The van der Waals surface area contributed by atoms with Gasteiger partial charge in [0.25, 0.3) is 0 Å². The molecule has 1 aromatic carbocycles. The molecule has 2 N–H and O–H groups in total. The Labute approximate surface area is 73.4 Å². The smallest absolute Gasteiger partial charge is 0.135 e. The molecule has 0 fully saturated rings. The fraction of sp³-hybridized carbons (Fsp3) is 0.250. The molecule has 3 heteroatoms. The van der Waals surface area contributed by atoms with Gasteiger partial charge in [0.1, 0.15) is 5.75 Å². The molecular weight excluding hydrogens is 206 g/mol. The third kappa shape index (κ3) is 0.997. The summed E-state index contributed by atoms with van der Waals surface area (Å²) in [6.45, 7) is 0.930. The van der Waals surface area contributed by atoms with Gasteiger partial charge in [-0.25, -0.2) is 0 Å². The SMILES string of the molecule is Oc1c(Br)ccc2c1CCN2. The largest absolute Gasteiger partial charge is 0.506 e. The van der Waals surface area contributed by atoms with Crippen molar-refractivity contribution in [3.8, 4) is 5.75 Å². The third-order valence-electron chi connectivity index (χ3n) is 1.92. The molecule has 0 amide bonds. The topological polar surface area (TPSA) is 32.3 Å². The lowest BCUT2D eigenvalue weighted by Gasteiger charge is -2.02. The van der Waals surface area contributed by atoms with Crippen molar-refractivity contribution in [2.75, 3.05) is 11.9 Å². The van der Waals surface area contributed by atoms with Gasteiger partial charge in [0.05, 0.1) is 4.47 Å². The van der Waals surface area contributed by atoms with E-state index in [2.05, 4.69) is 21.2 Å². The number of halogens is 1. The molecule has 0 spiro atoms. The predicted octanol–water partition coefficient (Wildman–Crippen LogP) is 2.12. The highest BCUT2D eigenvalue weighted by Gasteiger charge is 2.15. The van der Waals surface area contributed by atoms with Gasteiger partial charge in [-0.05, 0) is 34.5 Å². The highest BCUT2D eigenvalue weighted by atomic mass is 79.9. The van der Waals surface area contributed by atoms with Crippen LogP contribution in [0.5, 0.6) is 5.75 Å². The molecule has 1 aliphatic heterocycles. The van der Waals surface area contributed by atoms with Crippen LogP contribution in [0.2, 0.25) is 0 Å². The van der Waals surface area contributed by atoms with Crippen LogP contribution in [-0.4, -0.2) is 11.7 Å². The molecule has 2 rings (SSSR count). The molecule has 0 saturated heterocycles. The summed E-state index contributed by atoms with van der Waals surface area (Å²) in [5, 5.41) is 12.7. The number of rotatable bonds is 0. The van der Waals surface area contributed by atoms with Crippen LogP contribution >= 0.6 is 15.9 Å². The molecule has 0 unspecified atom stereocenters. The standard InChI is InChI=1S/C8H8BrNO/c9-6-1-2-7-5(8(6)11)3-4-10-7/h1-2,10-11H,3-4H2. The van der Waals surface area contributed by atoms with Crippen LogP contribution in [0.1, 0.15) is 5.56 Å². The minimum absolute atomic E-state index is 0.382. The summed E-state index contributed by atoms with van der Waals surface area (Å²) in [5.74, 6) is 0.382. The lowest BCUT2D eigenvalue weighted by Crippen LogP contribution is -1.90. The second-order valence-corrected chi connectivity index (χ2v) is 3.45. The first-order valence-corrected chi connectivity index (χ1v) is 4.32. The average molecular weight is 214 g/mol. The van der Waals surface area contributed by atoms with E-state index in [1.807, 2.05) is 12.1 Å². The van der Waals surface area contributed by atoms with E-state index in [-0.39, 0.29) is 0 Å². The van der Waals surface area contributed by atoms with Crippen LogP contribution in [0.15, 0.2) is 16.6 Å². The molecule has 0 aliphatic carbocycles. The zero-order chi connectivity index (χ0) is 7.84. The predicted molar refractivity (Wildman–Crippen MR) is 48.0 cm³/mol. The van der Waals surface area contributed by atoms with Crippen LogP contribution in [-0.2, 0) is 6.42 Å². The fourth-order valence-electron chi connectivity index (χ4n) is 1.35. The molecule has 58 valence electrons. The lowest BCUT2D eigenvalue weighted by atomic mass is 10.1. The fourth-order valence-corrected chi connectivity index (χ4v) is 1.72. The summed E-state index contributed by atoms with van der Waals surface area (Å²) >= 11 is 3.27. The minimum atomic E-state index is 0.382. The van der Waals surface area contributed by atoms with Crippen molar-refractivity contribution in [1.82, 2.24) is 0 Å². The molecule has 0 atom stereocenters. The number of hydrogen-bond acceptors (Lipinski definition) is 2. The summed E-state index contributed by atoms with van der Waals surface area (Å²) in [5.41, 5.74) is 2.09. The molecule has 1 heterocycles. The highest BCUT2D eigenvalue weighted by molar-refractivity contribution is 9.10. The first-order valence-electron chi connectivity index (χ1n) is 3.53. The monoisotopic (exact) mass is 213 g/mol. The Morgan fingerprint density at radius 2 is 2.27 bits per heavy atom. The first kappa shape index (κ1) is 6.98. The number of phenols is 1. The van der Waals surface area contributed by atoms with Crippen molar-refractivity contribution >= 4 is 21.6 Å². The maximum absolute atomic E-state index is 9.53. The number of aromatic hydroxyl groups is 1. The van der Waals surface area contributed by atoms with E-state index in [0.717, 1.165) is 28.7 Å². The Morgan fingerprint density at radius 1 is 1.45 bits per heavy atom. The number of fused-ring (bicyclic) bond motifs is 1. The van der Waals surface area contributed by atoms with Gasteiger partial charge in [0.15, 0.2) is 0 Å². The van der Waals surface area contributed by atoms with E-state index < -0.39 is 0 Å². The van der Waals surface area contributed by atoms with Crippen molar-refractivity contribution in [3.63, 3.8) is 0 Å². The second-order valence-electron chi connectivity index (χ2n) is 2.60. The van der Waals surface area contributed by atoms with Crippen LogP contribution in [0.25, 0.3) is 0 Å². The normalized spacial score (nSPS) is 14.3. The van der Waals surface area contributed by atoms with Gasteiger partial charge < -0.3 is 10.4 Å². The van der Waals surface area contributed by atoms with E-state index in [1.54, 1.807) is 0 Å².